The van der Waals surface area contributed by atoms with E-state index in [0.29, 0.717) is 0 Å². The Morgan fingerprint density at radius 2 is 1.65 bits per heavy atom. The van der Waals surface area contributed by atoms with Crippen LogP contribution in [-0.2, 0) is 6.18 Å². The van der Waals surface area contributed by atoms with E-state index in [2.05, 4.69) is 31.2 Å². The van der Waals surface area contributed by atoms with Crippen molar-refractivity contribution in [2.45, 2.75) is 6.18 Å². The molecular formula is C16H9BrF3N3O3. The van der Waals surface area contributed by atoms with E-state index in [1.807, 2.05) is 0 Å². The van der Waals surface area contributed by atoms with Gasteiger partial charge < -0.3 is 10.1 Å². The summed E-state index contributed by atoms with van der Waals surface area (Å²) >= 11 is 3.01. The fraction of sp³-hybridized carbons (Fsp3) is 0.125. The van der Waals surface area contributed by atoms with Crippen LogP contribution in [0.1, 0.15) is 26.5 Å². The van der Waals surface area contributed by atoms with Crippen molar-refractivity contribution in [1.29, 1.82) is 0 Å². The van der Waals surface area contributed by atoms with Crippen LogP contribution in [-0.4, -0.2) is 28.6 Å². The highest BCUT2D eigenvalue weighted by Crippen LogP contribution is 2.35. The molecule has 26 heavy (non-hydrogen) atoms. The fourth-order valence-corrected chi connectivity index (χ4v) is 2.78. The molecule has 0 atom stereocenters. The predicted molar refractivity (Wildman–Crippen MR) is 88.3 cm³/mol. The number of benzene rings is 1. The summed E-state index contributed by atoms with van der Waals surface area (Å²) in [6, 6.07) is 2.90. The van der Waals surface area contributed by atoms with Gasteiger partial charge in [-0.25, -0.2) is 9.97 Å². The Bertz CT molecular complexity index is 957. The lowest BCUT2D eigenvalue weighted by Crippen LogP contribution is -2.26. The van der Waals surface area contributed by atoms with Gasteiger partial charge in [0.15, 0.2) is 0 Å². The molecule has 0 radical (unpaired) electrons. The molecule has 2 aromatic rings. The lowest BCUT2D eigenvalue weighted by Gasteiger charge is -2.19. The van der Waals surface area contributed by atoms with Crippen LogP contribution in [0, 0.1) is 0 Å². The number of nitrogens with one attached hydrogen (secondary N) is 1. The van der Waals surface area contributed by atoms with Gasteiger partial charge in [0.1, 0.15) is 22.8 Å². The third kappa shape index (κ3) is 3.19. The molecule has 0 fully saturated rings. The lowest BCUT2D eigenvalue weighted by molar-refractivity contribution is -0.137. The molecule has 1 heterocycles. The number of aromatic nitrogens is 2. The first-order valence-electron chi connectivity index (χ1n) is 7.06. The molecule has 134 valence electrons. The predicted octanol–water partition coefficient (Wildman–Crippen LogP) is 3.60. The molecule has 6 nitrogen and oxygen atoms in total. The number of nitrogens with zero attached hydrogens (tertiary/aromatic N) is 2. The molecule has 0 bridgehead atoms. The van der Waals surface area contributed by atoms with Gasteiger partial charge in [0, 0.05) is 24.1 Å². The third-order valence-corrected chi connectivity index (χ3v) is 4.27. The van der Waals surface area contributed by atoms with Crippen LogP contribution in [0.5, 0.6) is 5.75 Å². The molecule has 0 spiro atoms. The van der Waals surface area contributed by atoms with Crippen molar-refractivity contribution >= 4 is 33.2 Å². The molecule has 3 rings (SSSR count). The van der Waals surface area contributed by atoms with Crippen LogP contribution in [0.25, 0.3) is 0 Å². The second kappa shape index (κ2) is 6.52. The van der Waals surface area contributed by atoms with Crippen molar-refractivity contribution in [3.63, 3.8) is 0 Å². The van der Waals surface area contributed by atoms with E-state index in [9.17, 15) is 22.8 Å². The average Bonchev–Trinajstić information content (AvgIpc) is 2.62. The monoisotopic (exact) mass is 427 g/mol. The number of allylic oxidation sites excluding steroid dienone is 2. The molecule has 0 aliphatic heterocycles. The lowest BCUT2D eigenvalue weighted by atomic mass is 10.0. The van der Waals surface area contributed by atoms with Gasteiger partial charge in [-0.05, 0) is 28.1 Å². The average molecular weight is 428 g/mol. The normalized spacial score (nSPS) is 14.3. The highest BCUT2D eigenvalue weighted by molar-refractivity contribution is 9.12. The van der Waals surface area contributed by atoms with Crippen molar-refractivity contribution in [3.8, 4) is 5.75 Å². The van der Waals surface area contributed by atoms with Crippen LogP contribution in [0.15, 0.2) is 40.8 Å². The number of methoxy groups -OCH3 is 1. The number of fused-ring (bicyclic) bond motifs is 1. The number of anilines is 1. The number of halogens is 4. The van der Waals surface area contributed by atoms with Gasteiger partial charge in [-0.3, -0.25) is 9.59 Å². The molecule has 10 heteroatoms. The Kier molecular flexibility index (Phi) is 4.53. The van der Waals surface area contributed by atoms with Crippen LogP contribution in [0.4, 0.5) is 18.9 Å². The summed E-state index contributed by atoms with van der Waals surface area (Å²) in [6.07, 6.45) is -2.10. The number of hydrogen-bond acceptors (Lipinski definition) is 6. The number of carbonyl (C=O) groups is 2. The van der Waals surface area contributed by atoms with Crippen LogP contribution >= 0.6 is 15.9 Å². The summed E-state index contributed by atoms with van der Waals surface area (Å²) in [6.45, 7) is 0. The number of alkyl halides is 3. The number of ketones is 2. The summed E-state index contributed by atoms with van der Waals surface area (Å²) in [7, 11) is 1.22. The van der Waals surface area contributed by atoms with Gasteiger partial charge in [-0.2, -0.15) is 13.2 Å². The molecule has 1 aliphatic carbocycles. The minimum atomic E-state index is -4.61. The first-order chi connectivity index (χ1) is 12.2. The van der Waals surface area contributed by atoms with E-state index in [-0.39, 0.29) is 33.0 Å². The van der Waals surface area contributed by atoms with Crippen molar-refractivity contribution < 1.29 is 27.5 Å². The van der Waals surface area contributed by atoms with Gasteiger partial charge in [-0.1, -0.05) is 0 Å². The molecule has 1 N–H and O–H groups in total. The maximum atomic E-state index is 13.0. The van der Waals surface area contributed by atoms with E-state index < -0.39 is 23.3 Å². The third-order valence-electron chi connectivity index (χ3n) is 3.51. The molecule has 1 aliphatic rings. The van der Waals surface area contributed by atoms with E-state index in [4.69, 9.17) is 4.74 Å². The van der Waals surface area contributed by atoms with Gasteiger partial charge in [0.05, 0.1) is 17.2 Å². The molecule has 1 aromatic heterocycles. The van der Waals surface area contributed by atoms with Crippen molar-refractivity contribution in [2.75, 3.05) is 12.4 Å². The minimum absolute atomic E-state index is 0.0613. The molecule has 0 saturated heterocycles. The Balaban J connectivity index is 2.05. The molecular weight excluding hydrogens is 419 g/mol. The first-order valence-corrected chi connectivity index (χ1v) is 7.85. The number of hydrogen-bond donors (Lipinski definition) is 1. The highest BCUT2D eigenvalue weighted by atomic mass is 79.9. The molecule has 0 saturated carbocycles. The zero-order valence-electron chi connectivity index (χ0n) is 13.0. The molecule has 0 amide bonds. The Morgan fingerprint density at radius 1 is 1.04 bits per heavy atom. The second-order valence-electron chi connectivity index (χ2n) is 5.17. The maximum Gasteiger partial charge on any atom is 0.416 e. The van der Waals surface area contributed by atoms with Gasteiger partial charge in [0.25, 0.3) is 0 Å². The van der Waals surface area contributed by atoms with Crippen molar-refractivity contribution in [1.82, 2.24) is 9.97 Å². The van der Waals surface area contributed by atoms with E-state index in [1.54, 1.807) is 0 Å². The summed E-state index contributed by atoms with van der Waals surface area (Å²) < 4.78 is 43.8. The SMILES string of the molecule is COc1cc(NC2=C(Br)C(=O)c3nccnc3C2=O)cc(C(F)(F)F)c1. The summed E-state index contributed by atoms with van der Waals surface area (Å²) in [5.74, 6) is -1.33. The Morgan fingerprint density at radius 3 is 2.23 bits per heavy atom. The smallest absolute Gasteiger partial charge is 0.416 e. The summed E-state index contributed by atoms with van der Waals surface area (Å²) in [4.78, 5) is 32.5. The highest BCUT2D eigenvalue weighted by Gasteiger charge is 2.35. The molecule has 0 unspecified atom stereocenters. The van der Waals surface area contributed by atoms with Crippen LogP contribution < -0.4 is 10.1 Å². The summed E-state index contributed by atoms with van der Waals surface area (Å²) in [5, 5.41) is 2.55. The van der Waals surface area contributed by atoms with Crippen molar-refractivity contribution in [3.05, 3.63) is 57.7 Å². The number of Topliss-reactive ketones (excluding diaryl/α,β-unsaturated/α-hetero) is 2. The molecule has 1 aromatic carbocycles. The van der Waals surface area contributed by atoms with Gasteiger partial charge in [-0.15, -0.1) is 0 Å². The van der Waals surface area contributed by atoms with E-state index in [1.165, 1.54) is 25.6 Å². The van der Waals surface area contributed by atoms with E-state index >= 15 is 0 Å². The number of carbonyl (C=O) groups excluding carboxylic acids is 2. The number of ether oxygens (including phenoxy) is 1. The Hall–Kier alpha value is -2.75. The summed E-state index contributed by atoms with van der Waals surface area (Å²) in [5.41, 5.74) is -1.58. The quantitative estimate of drug-likeness (QED) is 0.805. The minimum Gasteiger partial charge on any atom is -0.497 e. The van der Waals surface area contributed by atoms with Gasteiger partial charge in [0.2, 0.25) is 11.6 Å². The Labute approximate surface area is 153 Å². The standard InChI is InChI=1S/C16H9BrF3N3O3/c1-26-9-5-7(16(18,19)20)4-8(6-9)23-11-10(17)14(24)12-13(15(11)25)22-3-2-21-12/h2-6,23H,1H3. The largest absolute Gasteiger partial charge is 0.497 e. The van der Waals surface area contributed by atoms with Crippen LogP contribution in [0.2, 0.25) is 0 Å². The van der Waals surface area contributed by atoms with Gasteiger partial charge >= 0.3 is 6.18 Å². The maximum absolute atomic E-state index is 13.0. The zero-order chi connectivity index (χ0) is 19.1. The zero-order valence-corrected chi connectivity index (χ0v) is 14.6. The van der Waals surface area contributed by atoms with Crippen LogP contribution in [0.3, 0.4) is 0 Å². The topological polar surface area (TPSA) is 81.2 Å². The number of rotatable bonds is 3. The fourth-order valence-electron chi connectivity index (χ4n) is 2.31. The van der Waals surface area contributed by atoms with E-state index in [0.717, 1.165) is 12.1 Å². The first kappa shape index (κ1) is 18.1. The van der Waals surface area contributed by atoms with Crippen molar-refractivity contribution in [2.24, 2.45) is 0 Å². The second-order valence-corrected chi connectivity index (χ2v) is 5.97.